The number of carbonyl (C=O) groups excluding carboxylic acids is 1. The smallest absolute Gasteiger partial charge is 0.410 e. The molecule has 1 amide bonds. The van der Waals surface area contributed by atoms with Crippen molar-refractivity contribution >= 4 is 35.0 Å². The normalized spacial score (nSPS) is 29.0. The number of fused-ring (bicyclic) bond motifs is 6. The fourth-order valence-corrected chi connectivity index (χ4v) is 21.3. The Morgan fingerprint density at radius 2 is 1.08 bits per heavy atom. The van der Waals surface area contributed by atoms with Gasteiger partial charge in [-0.05, 0) is 310 Å². The zero-order valence-corrected chi connectivity index (χ0v) is 64.9. The lowest BCUT2D eigenvalue weighted by atomic mass is 9.73. The highest BCUT2D eigenvalue weighted by Crippen LogP contribution is 2.48. The lowest BCUT2D eigenvalue weighted by molar-refractivity contribution is -0.000417. The molecule has 9 unspecified atom stereocenters. The minimum absolute atomic E-state index is 0.135. The van der Waals surface area contributed by atoms with E-state index >= 15 is 0 Å². The molecule has 11 aliphatic rings. The standard InChI is InChI=1S/C24H33N3O3.C22H33ClN2O2.C21H31NO.C20H28ClN/c1-3-30-23(28)27-18-8-10-19(16-20(27)11-9-18)26-14-12-24(17-25,13-15-26)21-6-4-5-7-22(21)29-2;1-22(2,3)27-24-18-6-8-19(9-7-18)25-13-11-16(12-14-25)20-15-17(23)5-10-21(20)26-4;1-23-21-10-6-5-9-20(21)16-11-12-18-13-14-19(15-16)22(18)17-7-3-2-4-8-17;21-19-3-1-2-18(14-19)17-8-10-22(11-9-17)20-7-6-15-4-5-16(12-15)13-20/h4-7,18-20H,3,8-16H2,1-2H3;5,10,15-16,19H,6-9,11-14H2,1-4H3;5-6,9-10,16-19H,2-4,7-8,11-15H2,1H3;1-3,14-17,20H,4-13H2. The van der Waals surface area contributed by atoms with Gasteiger partial charge in [-0.3, -0.25) is 4.90 Å². The van der Waals surface area contributed by atoms with Crippen LogP contribution in [0, 0.1) is 23.2 Å². The monoisotopic (exact) mass is 1430 g/mol. The first-order valence-corrected chi connectivity index (χ1v) is 41.3. The Morgan fingerprint density at radius 1 is 0.510 bits per heavy atom. The van der Waals surface area contributed by atoms with Gasteiger partial charge in [-0.25, -0.2) is 4.79 Å². The lowest BCUT2D eigenvalue weighted by Gasteiger charge is -2.42. The zero-order chi connectivity index (χ0) is 71.2. The van der Waals surface area contributed by atoms with E-state index in [2.05, 4.69) is 79.4 Å². The molecule has 15 rings (SSSR count). The van der Waals surface area contributed by atoms with Crippen LogP contribution < -0.4 is 14.2 Å². The van der Waals surface area contributed by atoms with Crippen LogP contribution in [0.4, 0.5) is 4.79 Å². The van der Waals surface area contributed by atoms with Gasteiger partial charge in [0.25, 0.3) is 0 Å². The minimum Gasteiger partial charge on any atom is -0.496 e. The molecule has 0 aromatic heterocycles. The van der Waals surface area contributed by atoms with Crippen LogP contribution in [0.15, 0.2) is 96.2 Å². The van der Waals surface area contributed by atoms with E-state index < -0.39 is 5.41 Å². The second kappa shape index (κ2) is 36.5. The minimum atomic E-state index is -0.482. The summed E-state index contributed by atoms with van der Waals surface area (Å²) < 4.78 is 22.1. The maximum atomic E-state index is 12.5. The summed E-state index contributed by atoms with van der Waals surface area (Å²) in [6.45, 7) is 15.1. The number of nitrogens with zero attached hydrogens (tertiary/aromatic N) is 7. The van der Waals surface area contributed by atoms with Gasteiger partial charge in [0.15, 0.2) is 0 Å². The van der Waals surface area contributed by atoms with E-state index in [1.54, 1.807) is 14.2 Å². The largest absolute Gasteiger partial charge is 0.496 e. The van der Waals surface area contributed by atoms with Crippen molar-refractivity contribution in [3.63, 3.8) is 0 Å². The zero-order valence-electron chi connectivity index (χ0n) is 63.4. The van der Waals surface area contributed by atoms with Gasteiger partial charge < -0.3 is 43.4 Å². The van der Waals surface area contributed by atoms with Crippen LogP contribution in [0.1, 0.15) is 267 Å². The first-order chi connectivity index (χ1) is 49.6. The summed E-state index contributed by atoms with van der Waals surface area (Å²) in [6.07, 6.45) is 39.5. The summed E-state index contributed by atoms with van der Waals surface area (Å²) in [6, 6.07) is 39.0. The van der Waals surface area contributed by atoms with Crippen molar-refractivity contribution in [2.75, 3.05) is 67.2 Å². The number of nitriles is 1. The van der Waals surface area contributed by atoms with Crippen molar-refractivity contribution in [1.82, 2.24) is 24.5 Å². The van der Waals surface area contributed by atoms with Crippen LogP contribution >= 0.6 is 23.2 Å². The molecular weight excluding hydrogens is 1310 g/mol. The van der Waals surface area contributed by atoms with Gasteiger partial charge in [0.2, 0.25) is 0 Å². The molecule has 558 valence electrons. The molecule has 11 fully saturated rings. The van der Waals surface area contributed by atoms with Crippen LogP contribution in [0.2, 0.25) is 10.0 Å². The van der Waals surface area contributed by atoms with Crippen LogP contribution in [-0.2, 0) is 15.0 Å². The van der Waals surface area contributed by atoms with E-state index in [-0.39, 0.29) is 11.7 Å². The Balaban J connectivity index is 0.000000129. The molecule has 4 aromatic rings. The molecule has 7 saturated heterocycles. The highest BCUT2D eigenvalue weighted by Gasteiger charge is 2.47. The predicted molar refractivity (Wildman–Crippen MR) is 415 cm³/mol. The number of para-hydroxylation sites is 2. The predicted octanol–water partition coefficient (Wildman–Crippen LogP) is 20.4. The van der Waals surface area contributed by atoms with Gasteiger partial charge >= 0.3 is 6.09 Å². The molecule has 7 aliphatic heterocycles. The van der Waals surface area contributed by atoms with Crippen LogP contribution in [-0.4, -0.2) is 157 Å². The Bertz CT molecular complexity index is 3350. The van der Waals surface area contributed by atoms with Crippen LogP contribution in [0.3, 0.4) is 0 Å². The van der Waals surface area contributed by atoms with Crippen molar-refractivity contribution in [3.05, 3.63) is 123 Å². The summed E-state index contributed by atoms with van der Waals surface area (Å²) in [5, 5.41) is 16.2. The number of rotatable bonds is 13. The SMILES string of the molecule is CCOC(=O)N1C2CCC(N3CCC(C#N)(c4ccccc4OC)CC3)CC1CC2.COc1ccc(Cl)cc1C1CCN(C2CCC(=NOC(C)(C)C)CC2)CC1.COc1ccccc1C1CCC2CCC(C1)N2C1CCCCC1.Clc1cccc(C2CCN(C3CCC4CCC(C4)C3)CC2)c1. The molecule has 0 N–H and O–H groups in total. The number of halogens is 2. The van der Waals surface area contributed by atoms with Crippen LogP contribution in [0.25, 0.3) is 0 Å². The summed E-state index contributed by atoms with van der Waals surface area (Å²) >= 11 is 12.4. The molecule has 102 heavy (non-hydrogen) atoms. The second-order valence-electron chi connectivity index (χ2n) is 33.4. The number of hydrogen-bond donors (Lipinski definition) is 0. The maximum Gasteiger partial charge on any atom is 0.410 e. The van der Waals surface area contributed by atoms with Gasteiger partial charge in [0.05, 0.1) is 45.1 Å². The number of hydrogen-bond acceptors (Lipinski definition) is 12. The van der Waals surface area contributed by atoms with Crippen molar-refractivity contribution in [2.45, 2.75) is 304 Å². The number of benzene rings is 4. The molecule has 0 spiro atoms. The van der Waals surface area contributed by atoms with Gasteiger partial charge in [-0.1, -0.05) is 109 Å². The number of amides is 1. The number of methoxy groups -OCH3 is 3. The highest BCUT2D eigenvalue weighted by atomic mass is 35.5. The quantitative estimate of drug-likeness (QED) is 0.119. The topological polar surface area (TPSA) is 116 Å². The third-order valence-corrected chi connectivity index (χ3v) is 26.8. The molecule has 4 saturated carbocycles. The first-order valence-electron chi connectivity index (χ1n) is 40.6. The van der Waals surface area contributed by atoms with Crippen molar-refractivity contribution < 1.29 is 28.6 Å². The second-order valence-corrected chi connectivity index (χ2v) is 34.3. The molecule has 13 nitrogen and oxygen atoms in total. The van der Waals surface area contributed by atoms with E-state index in [9.17, 15) is 10.1 Å². The summed E-state index contributed by atoms with van der Waals surface area (Å²) in [5.74, 6) is 6.93. The molecule has 15 heteroatoms. The highest BCUT2D eigenvalue weighted by molar-refractivity contribution is 6.31. The number of ether oxygens (including phenoxy) is 4. The molecule has 0 radical (unpaired) electrons. The van der Waals surface area contributed by atoms with Gasteiger partial charge in [0.1, 0.15) is 22.8 Å². The molecule has 7 heterocycles. The number of carbonyl (C=O) groups is 1. The lowest BCUT2D eigenvalue weighted by Crippen LogP contribution is -2.48. The molecular formula is C87H125Cl2N7O6. The molecule has 4 aromatic carbocycles. The third-order valence-electron chi connectivity index (χ3n) is 26.3. The van der Waals surface area contributed by atoms with Gasteiger partial charge in [-0.2, -0.15) is 5.26 Å². The number of oxime groups is 1. The molecule has 6 bridgehead atoms. The molecule has 4 aliphatic carbocycles. The Kier molecular flexibility index (Phi) is 27.4. The van der Waals surface area contributed by atoms with Crippen molar-refractivity contribution in [2.24, 2.45) is 17.0 Å². The summed E-state index contributed by atoms with van der Waals surface area (Å²) in [5.41, 5.74) is 5.72. The Hall–Kier alpha value is -5.07. The fraction of sp³-hybridized carbons (Fsp3) is 0.690. The van der Waals surface area contributed by atoms with E-state index in [0.29, 0.717) is 42.6 Å². The molecule has 9 atom stereocenters. The first kappa shape index (κ1) is 76.6. The van der Waals surface area contributed by atoms with Crippen molar-refractivity contribution in [1.29, 1.82) is 5.26 Å². The van der Waals surface area contributed by atoms with E-state index in [1.165, 1.54) is 177 Å². The van der Waals surface area contributed by atoms with E-state index in [0.717, 1.165) is 159 Å². The average molecular weight is 1440 g/mol. The maximum absolute atomic E-state index is 12.5. The number of likely N-dealkylation sites (tertiary alicyclic amines) is 3. The fourth-order valence-electron chi connectivity index (χ4n) is 21.0. The van der Waals surface area contributed by atoms with Crippen molar-refractivity contribution in [3.8, 4) is 23.3 Å². The van der Waals surface area contributed by atoms with E-state index in [1.807, 2.05) is 82.2 Å². The number of piperidine rings is 3. The van der Waals surface area contributed by atoms with Gasteiger partial charge in [0, 0.05) is 77.0 Å². The van der Waals surface area contributed by atoms with Crippen LogP contribution in [0.5, 0.6) is 17.2 Å². The summed E-state index contributed by atoms with van der Waals surface area (Å²) in [7, 11) is 5.23. The Morgan fingerprint density at radius 3 is 1.77 bits per heavy atom. The average Bonchev–Trinajstić information content (AvgIpc) is 1.37. The van der Waals surface area contributed by atoms with Gasteiger partial charge in [-0.15, -0.1) is 0 Å². The van der Waals surface area contributed by atoms with E-state index in [4.69, 9.17) is 47.0 Å². The summed E-state index contributed by atoms with van der Waals surface area (Å²) in [4.78, 5) is 31.1. The Labute approximate surface area is 624 Å². The third kappa shape index (κ3) is 19.4.